The van der Waals surface area contributed by atoms with Crippen LogP contribution >= 0.6 is 0 Å². The molecular formula is C21H44O4. The first-order valence-corrected chi connectivity index (χ1v) is 10.4. The molecule has 0 aromatic rings. The molecule has 0 aliphatic heterocycles. The summed E-state index contributed by atoms with van der Waals surface area (Å²) in [4.78, 5) is 0. The summed E-state index contributed by atoms with van der Waals surface area (Å²) in [5.74, 6) is 0.945. The molecule has 5 atom stereocenters. The van der Waals surface area contributed by atoms with Gasteiger partial charge in [-0.2, -0.15) is 0 Å². The minimum atomic E-state index is -0.293. The Balaban J connectivity index is 5.12. The van der Waals surface area contributed by atoms with Crippen molar-refractivity contribution in [2.24, 2.45) is 23.2 Å². The number of aliphatic hydroxyl groups is 4. The molecule has 0 aromatic carbocycles. The molecule has 0 rings (SSSR count). The first-order valence-electron chi connectivity index (χ1n) is 10.4. The fraction of sp³-hybridized carbons (Fsp3) is 1.00. The topological polar surface area (TPSA) is 80.9 Å². The Morgan fingerprint density at radius 2 is 1.52 bits per heavy atom. The van der Waals surface area contributed by atoms with Crippen LogP contribution in [0.3, 0.4) is 0 Å². The Morgan fingerprint density at radius 1 is 0.840 bits per heavy atom. The highest BCUT2D eigenvalue weighted by Crippen LogP contribution is 2.46. The lowest BCUT2D eigenvalue weighted by molar-refractivity contribution is 0.0277. The van der Waals surface area contributed by atoms with Gasteiger partial charge in [0.2, 0.25) is 0 Å². The van der Waals surface area contributed by atoms with Crippen LogP contribution in [0.5, 0.6) is 0 Å². The van der Waals surface area contributed by atoms with E-state index in [9.17, 15) is 15.3 Å². The summed E-state index contributed by atoms with van der Waals surface area (Å²) in [6, 6.07) is 0. The summed E-state index contributed by atoms with van der Waals surface area (Å²) in [5.41, 5.74) is 0.0612. The number of rotatable bonds is 16. The summed E-state index contributed by atoms with van der Waals surface area (Å²) in [6.07, 6.45) is 8.36. The van der Waals surface area contributed by atoms with Crippen molar-refractivity contribution in [2.75, 3.05) is 19.8 Å². The van der Waals surface area contributed by atoms with E-state index in [-0.39, 0.29) is 43.2 Å². The highest BCUT2D eigenvalue weighted by molar-refractivity contribution is 4.88. The van der Waals surface area contributed by atoms with Crippen molar-refractivity contribution in [1.29, 1.82) is 0 Å². The highest BCUT2D eigenvalue weighted by atomic mass is 16.3. The molecule has 0 fully saturated rings. The number of unbranched alkanes of at least 4 members (excludes halogenated alkanes) is 2. The molecule has 5 unspecified atom stereocenters. The van der Waals surface area contributed by atoms with Gasteiger partial charge in [0.05, 0.1) is 6.10 Å². The molecule has 0 spiro atoms. The lowest BCUT2D eigenvalue weighted by atomic mass is 9.63. The lowest BCUT2D eigenvalue weighted by Crippen LogP contribution is -2.35. The summed E-state index contributed by atoms with van der Waals surface area (Å²) < 4.78 is 0. The zero-order valence-electron chi connectivity index (χ0n) is 17.1. The molecule has 4 heteroatoms. The van der Waals surface area contributed by atoms with E-state index in [0.717, 1.165) is 57.8 Å². The van der Waals surface area contributed by atoms with Crippen molar-refractivity contribution in [3.05, 3.63) is 0 Å². The largest absolute Gasteiger partial charge is 0.396 e. The SMILES string of the molecule is CCC(CCC(C)CO)(CC(C)CC(C)O)C(CO)CCCCCO. The predicted octanol–water partition coefficient (Wildman–Crippen LogP) is 3.75. The lowest BCUT2D eigenvalue weighted by Gasteiger charge is -2.43. The Morgan fingerprint density at radius 3 is 2.00 bits per heavy atom. The van der Waals surface area contributed by atoms with E-state index in [0.29, 0.717) is 5.92 Å². The molecule has 4 N–H and O–H groups in total. The van der Waals surface area contributed by atoms with E-state index < -0.39 is 0 Å². The average molecular weight is 361 g/mol. The Labute approximate surface area is 155 Å². The number of aliphatic hydroxyl groups excluding tert-OH is 4. The van der Waals surface area contributed by atoms with Crippen LogP contribution in [0.4, 0.5) is 0 Å². The van der Waals surface area contributed by atoms with Gasteiger partial charge in [-0.25, -0.2) is 0 Å². The Hall–Kier alpha value is -0.160. The van der Waals surface area contributed by atoms with Gasteiger partial charge in [-0.15, -0.1) is 0 Å². The normalized spacial score (nSPS) is 19.2. The maximum Gasteiger partial charge on any atom is 0.0514 e. The molecule has 0 saturated carbocycles. The molecule has 0 aliphatic rings. The van der Waals surface area contributed by atoms with E-state index in [1.807, 2.05) is 6.92 Å². The molecule has 0 aromatic heterocycles. The second kappa shape index (κ2) is 14.0. The molecule has 0 heterocycles. The van der Waals surface area contributed by atoms with E-state index in [1.165, 1.54) is 0 Å². The first kappa shape index (κ1) is 24.8. The summed E-state index contributed by atoms with van der Waals surface area (Å²) in [7, 11) is 0. The molecule has 0 saturated heterocycles. The molecule has 0 bridgehead atoms. The fourth-order valence-electron chi connectivity index (χ4n) is 4.34. The van der Waals surface area contributed by atoms with Crippen LogP contribution in [0.2, 0.25) is 0 Å². The molecule has 152 valence electrons. The predicted molar refractivity (Wildman–Crippen MR) is 104 cm³/mol. The average Bonchev–Trinajstić information content (AvgIpc) is 2.58. The zero-order valence-corrected chi connectivity index (χ0v) is 17.1. The van der Waals surface area contributed by atoms with Crippen LogP contribution in [0, 0.1) is 23.2 Å². The van der Waals surface area contributed by atoms with Crippen LogP contribution < -0.4 is 0 Å². The quantitative estimate of drug-likeness (QED) is 0.316. The third-order valence-corrected chi connectivity index (χ3v) is 5.95. The van der Waals surface area contributed by atoms with Crippen LogP contribution in [0.25, 0.3) is 0 Å². The second-order valence-corrected chi connectivity index (χ2v) is 8.39. The van der Waals surface area contributed by atoms with Gasteiger partial charge in [0.25, 0.3) is 0 Å². The van der Waals surface area contributed by atoms with Gasteiger partial charge in [0.15, 0.2) is 0 Å². The summed E-state index contributed by atoms with van der Waals surface area (Å²) in [6.45, 7) is 8.99. The van der Waals surface area contributed by atoms with E-state index in [4.69, 9.17) is 5.11 Å². The zero-order chi connectivity index (χ0) is 19.3. The van der Waals surface area contributed by atoms with Gasteiger partial charge >= 0.3 is 0 Å². The van der Waals surface area contributed by atoms with Crippen molar-refractivity contribution in [3.63, 3.8) is 0 Å². The van der Waals surface area contributed by atoms with Gasteiger partial charge in [-0.1, -0.05) is 40.0 Å². The van der Waals surface area contributed by atoms with E-state index >= 15 is 0 Å². The number of hydrogen-bond acceptors (Lipinski definition) is 4. The van der Waals surface area contributed by atoms with Gasteiger partial charge in [-0.05, 0) is 68.6 Å². The maximum atomic E-state index is 10.1. The van der Waals surface area contributed by atoms with Crippen molar-refractivity contribution in [1.82, 2.24) is 0 Å². The van der Waals surface area contributed by atoms with Gasteiger partial charge < -0.3 is 20.4 Å². The van der Waals surface area contributed by atoms with Crippen LogP contribution in [-0.4, -0.2) is 46.4 Å². The van der Waals surface area contributed by atoms with Crippen molar-refractivity contribution in [3.8, 4) is 0 Å². The van der Waals surface area contributed by atoms with E-state index in [2.05, 4.69) is 20.8 Å². The molecular weight excluding hydrogens is 316 g/mol. The standard InChI is InChI=1S/C21H44O4/c1-5-21(11-10-17(2)15-23,14-18(3)13-19(4)25)20(16-24)9-7-6-8-12-22/h17-20,22-25H,5-16H2,1-4H3. The Kier molecular flexibility index (Phi) is 13.9. The fourth-order valence-corrected chi connectivity index (χ4v) is 4.34. The van der Waals surface area contributed by atoms with Crippen molar-refractivity contribution >= 4 is 0 Å². The van der Waals surface area contributed by atoms with Gasteiger partial charge in [0, 0.05) is 19.8 Å². The first-order chi connectivity index (χ1) is 11.8. The molecule has 0 radical (unpaired) electrons. The summed E-state index contributed by atoms with van der Waals surface area (Å²) in [5, 5.41) is 38.2. The molecule has 0 aliphatic carbocycles. The van der Waals surface area contributed by atoms with Crippen molar-refractivity contribution < 1.29 is 20.4 Å². The molecule has 25 heavy (non-hydrogen) atoms. The van der Waals surface area contributed by atoms with E-state index in [1.54, 1.807) is 0 Å². The van der Waals surface area contributed by atoms with Crippen LogP contribution in [-0.2, 0) is 0 Å². The maximum absolute atomic E-state index is 10.1. The monoisotopic (exact) mass is 360 g/mol. The Bertz CT molecular complexity index is 308. The minimum Gasteiger partial charge on any atom is -0.396 e. The third-order valence-electron chi connectivity index (χ3n) is 5.95. The molecule has 0 amide bonds. The molecule has 4 nitrogen and oxygen atoms in total. The second-order valence-electron chi connectivity index (χ2n) is 8.39. The highest BCUT2D eigenvalue weighted by Gasteiger charge is 2.37. The minimum absolute atomic E-state index is 0.0612. The number of hydrogen-bond donors (Lipinski definition) is 4. The smallest absolute Gasteiger partial charge is 0.0514 e. The van der Waals surface area contributed by atoms with Crippen LogP contribution in [0.15, 0.2) is 0 Å². The van der Waals surface area contributed by atoms with Gasteiger partial charge in [0.1, 0.15) is 0 Å². The van der Waals surface area contributed by atoms with Crippen LogP contribution in [0.1, 0.15) is 85.5 Å². The third kappa shape index (κ3) is 9.93. The summed E-state index contributed by atoms with van der Waals surface area (Å²) >= 11 is 0. The van der Waals surface area contributed by atoms with Crippen molar-refractivity contribution in [2.45, 2.75) is 91.6 Å². The van der Waals surface area contributed by atoms with Gasteiger partial charge in [-0.3, -0.25) is 0 Å².